The SMILES string of the molecule is Cc1ccn([C@H](C)[C@H]2CCCN2CCC(=O)O)n1. The standard InChI is InChI=1S/C13H21N3O2/c1-10-5-9-16(14-10)11(2)12-4-3-7-15(12)8-6-13(17)18/h5,9,11-12H,3-4,6-8H2,1-2H3,(H,17,18)/t11-,12-/m1/s1. The summed E-state index contributed by atoms with van der Waals surface area (Å²) in [5, 5.41) is 13.2. The molecule has 1 aromatic rings. The van der Waals surface area contributed by atoms with Crippen LogP contribution in [0.4, 0.5) is 0 Å². The fourth-order valence-electron chi connectivity index (χ4n) is 2.75. The highest BCUT2D eigenvalue weighted by molar-refractivity contribution is 5.66. The number of nitrogens with zero attached hydrogens (tertiary/aromatic N) is 3. The van der Waals surface area contributed by atoms with Crippen LogP contribution >= 0.6 is 0 Å². The van der Waals surface area contributed by atoms with Crippen molar-refractivity contribution in [3.05, 3.63) is 18.0 Å². The van der Waals surface area contributed by atoms with Gasteiger partial charge in [0.2, 0.25) is 0 Å². The van der Waals surface area contributed by atoms with Crippen molar-refractivity contribution in [2.45, 2.75) is 45.2 Å². The lowest BCUT2D eigenvalue weighted by molar-refractivity contribution is -0.137. The van der Waals surface area contributed by atoms with Crippen molar-refractivity contribution < 1.29 is 9.90 Å². The maximum absolute atomic E-state index is 10.7. The maximum atomic E-state index is 10.7. The molecular weight excluding hydrogens is 230 g/mol. The zero-order chi connectivity index (χ0) is 13.1. The fraction of sp³-hybridized carbons (Fsp3) is 0.692. The molecule has 1 aliphatic rings. The van der Waals surface area contributed by atoms with E-state index >= 15 is 0 Å². The quantitative estimate of drug-likeness (QED) is 0.865. The molecule has 5 nitrogen and oxygen atoms in total. The van der Waals surface area contributed by atoms with Crippen LogP contribution in [0.25, 0.3) is 0 Å². The maximum Gasteiger partial charge on any atom is 0.304 e. The topological polar surface area (TPSA) is 58.4 Å². The minimum Gasteiger partial charge on any atom is -0.481 e. The van der Waals surface area contributed by atoms with Crippen LogP contribution < -0.4 is 0 Å². The van der Waals surface area contributed by atoms with Crippen molar-refractivity contribution in [3.63, 3.8) is 0 Å². The van der Waals surface area contributed by atoms with E-state index in [1.807, 2.05) is 23.9 Å². The van der Waals surface area contributed by atoms with E-state index in [1.54, 1.807) is 0 Å². The van der Waals surface area contributed by atoms with Crippen molar-refractivity contribution in [1.82, 2.24) is 14.7 Å². The summed E-state index contributed by atoms with van der Waals surface area (Å²) in [6.45, 7) is 5.80. The molecule has 0 spiro atoms. The van der Waals surface area contributed by atoms with Crippen LogP contribution in [0.15, 0.2) is 12.3 Å². The van der Waals surface area contributed by atoms with Crippen molar-refractivity contribution in [2.24, 2.45) is 0 Å². The normalized spacial score (nSPS) is 22.2. The molecule has 2 rings (SSSR count). The number of aromatic nitrogens is 2. The molecule has 5 heteroatoms. The Morgan fingerprint density at radius 2 is 2.44 bits per heavy atom. The van der Waals surface area contributed by atoms with E-state index in [9.17, 15) is 4.79 Å². The van der Waals surface area contributed by atoms with E-state index in [0.717, 1.165) is 25.1 Å². The van der Waals surface area contributed by atoms with Gasteiger partial charge in [0.05, 0.1) is 18.2 Å². The highest BCUT2D eigenvalue weighted by atomic mass is 16.4. The predicted octanol–water partition coefficient (Wildman–Crippen LogP) is 1.69. The Kier molecular flexibility index (Phi) is 4.01. The van der Waals surface area contributed by atoms with Crippen LogP contribution in [0.2, 0.25) is 0 Å². The van der Waals surface area contributed by atoms with Crippen LogP contribution in [0.5, 0.6) is 0 Å². The van der Waals surface area contributed by atoms with Crippen LogP contribution in [-0.2, 0) is 4.79 Å². The molecule has 1 fully saturated rings. The van der Waals surface area contributed by atoms with Gasteiger partial charge in [0.15, 0.2) is 0 Å². The van der Waals surface area contributed by atoms with Gasteiger partial charge in [-0.05, 0) is 39.3 Å². The molecule has 0 amide bonds. The van der Waals surface area contributed by atoms with Crippen LogP contribution in [0.3, 0.4) is 0 Å². The molecule has 0 radical (unpaired) electrons. The van der Waals surface area contributed by atoms with Crippen molar-refractivity contribution >= 4 is 5.97 Å². The Morgan fingerprint density at radius 3 is 3.06 bits per heavy atom. The molecule has 1 aliphatic heterocycles. The Balaban J connectivity index is 2.00. The Bertz CT molecular complexity index is 416. The molecular formula is C13H21N3O2. The first-order valence-corrected chi connectivity index (χ1v) is 6.55. The molecule has 18 heavy (non-hydrogen) atoms. The minimum absolute atomic E-state index is 0.224. The fourth-order valence-corrected chi connectivity index (χ4v) is 2.75. The van der Waals surface area contributed by atoms with Gasteiger partial charge in [0.25, 0.3) is 0 Å². The van der Waals surface area contributed by atoms with E-state index < -0.39 is 5.97 Å². The lowest BCUT2D eigenvalue weighted by atomic mass is 10.1. The number of carboxylic acid groups (broad SMARTS) is 1. The second kappa shape index (κ2) is 5.52. The number of aryl methyl sites for hydroxylation is 1. The molecule has 100 valence electrons. The molecule has 0 bridgehead atoms. The second-order valence-electron chi connectivity index (χ2n) is 5.07. The third kappa shape index (κ3) is 2.90. The lowest BCUT2D eigenvalue weighted by Crippen LogP contribution is -2.37. The molecule has 2 heterocycles. The summed E-state index contributed by atoms with van der Waals surface area (Å²) in [6, 6.07) is 2.71. The highest BCUT2D eigenvalue weighted by Crippen LogP contribution is 2.26. The van der Waals surface area contributed by atoms with Gasteiger partial charge in [-0.2, -0.15) is 5.10 Å². The summed E-state index contributed by atoms with van der Waals surface area (Å²) in [4.78, 5) is 12.9. The number of carboxylic acids is 1. The molecule has 0 aromatic carbocycles. The third-order valence-electron chi connectivity index (χ3n) is 3.74. The highest BCUT2D eigenvalue weighted by Gasteiger charge is 2.30. The van der Waals surface area contributed by atoms with Crippen LogP contribution in [0.1, 0.15) is 37.9 Å². The van der Waals surface area contributed by atoms with Gasteiger partial charge < -0.3 is 5.11 Å². The van der Waals surface area contributed by atoms with E-state index in [0.29, 0.717) is 18.6 Å². The van der Waals surface area contributed by atoms with Crippen molar-refractivity contribution in [2.75, 3.05) is 13.1 Å². The van der Waals surface area contributed by atoms with Gasteiger partial charge in [-0.3, -0.25) is 14.4 Å². The van der Waals surface area contributed by atoms with Gasteiger partial charge in [-0.1, -0.05) is 0 Å². The summed E-state index contributed by atoms with van der Waals surface area (Å²) < 4.78 is 2.00. The monoisotopic (exact) mass is 251 g/mol. The zero-order valence-electron chi connectivity index (χ0n) is 11.0. The zero-order valence-corrected chi connectivity index (χ0v) is 11.0. The third-order valence-corrected chi connectivity index (χ3v) is 3.74. The Hall–Kier alpha value is -1.36. The van der Waals surface area contributed by atoms with Gasteiger partial charge in [-0.15, -0.1) is 0 Å². The smallest absolute Gasteiger partial charge is 0.304 e. The molecule has 0 aliphatic carbocycles. The molecule has 0 unspecified atom stereocenters. The molecule has 1 aromatic heterocycles. The molecule has 2 atom stereocenters. The summed E-state index contributed by atoms with van der Waals surface area (Å²) in [5.74, 6) is -0.719. The van der Waals surface area contributed by atoms with E-state index in [-0.39, 0.29) is 6.42 Å². The number of likely N-dealkylation sites (tertiary alicyclic amines) is 1. The minimum atomic E-state index is -0.719. The van der Waals surface area contributed by atoms with Gasteiger partial charge >= 0.3 is 5.97 Å². The predicted molar refractivity (Wildman–Crippen MR) is 68.5 cm³/mol. The van der Waals surface area contributed by atoms with Gasteiger partial charge in [-0.25, -0.2) is 0 Å². The summed E-state index contributed by atoms with van der Waals surface area (Å²) in [6.07, 6.45) is 4.50. The Labute approximate surface area is 107 Å². The first-order chi connectivity index (χ1) is 8.58. The number of carbonyl (C=O) groups is 1. The Morgan fingerprint density at radius 1 is 1.67 bits per heavy atom. The van der Waals surface area contributed by atoms with Gasteiger partial charge in [0.1, 0.15) is 0 Å². The van der Waals surface area contributed by atoms with Gasteiger partial charge in [0, 0.05) is 18.8 Å². The molecule has 1 N–H and O–H groups in total. The summed E-state index contributed by atoms with van der Waals surface area (Å²) in [7, 11) is 0. The van der Waals surface area contributed by atoms with Crippen LogP contribution in [-0.4, -0.2) is 44.9 Å². The number of hydrogen-bond acceptors (Lipinski definition) is 3. The molecule has 0 saturated carbocycles. The second-order valence-corrected chi connectivity index (χ2v) is 5.07. The van der Waals surface area contributed by atoms with E-state index in [2.05, 4.69) is 16.9 Å². The number of rotatable bonds is 5. The van der Waals surface area contributed by atoms with E-state index in [4.69, 9.17) is 5.11 Å². The van der Waals surface area contributed by atoms with Crippen LogP contribution in [0, 0.1) is 6.92 Å². The first kappa shape index (κ1) is 13.1. The number of hydrogen-bond donors (Lipinski definition) is 1. The lowest BCUT2D eigenvalue weighted by Gasteiger charge is -2.29. The largest absolute Gasteiger partial charge is 0.481 e. The summed E-state index contributed by atoms with van der Waals surface area (Å²) in [5.41, 5.74) is 1.02. The number of aliphatic carboxylic acids is 1. The average Bonchev–Trinajstić information content (AvgIpc) is 2.93. The molecule has 1 saturated heterocycles. The first-order valence-electron chi connectivity index (χ1n) is 6.55. The van der Waals surface area contributed by atoms with Crippen molar-refractivity contribution in [3.8, 4) is 0 Å². The van der Waals surface area contributed by atoms with Crippen molar-refractivity contribution in [1.29, 1.82) is 0 Å². The summed E-state index contributed by atoms with van der Waals surface area (Å²) >= 11 is 0. The van der Waals surface area contributed by atoms with E-state index in [1.165, 1.54) is 0 Å². The average molecular weight is 251 g/mol.